The molecule has 5 rings (SSSR count). The predicted octanol–water partition coefficient (Wildman–Crippen LogP) is 5.08. The van der Waals surface area contributed by atoms with Crippen molar-refractivity contribution >= 4 is 16.8 Å². The van der Waals surface area contributed by atoms with E-state index >= 15 is 0 Å². The number of nitrogens with one attached hydrogen (secondary N) is 1. The first-order chi connectivity index (χ1) is 16.7. The lowest BCUT2D eigenvalue weighted by Gasteiger charge is -2.32. The van der Waals surface area contributed by atoms with Crippen LogP contribution in [0.15, 0.2) is 78.9 Å². The quantitative estimate of drug-likeness (QED) is 0.442. The molecule has 0 radical (unpaired) electrons. The van der Waals surface area contributed by atoms with Gasteiger partial charge in [0.15, 0.2) is 0 Å². The molecule has 4 aromatic rings. The first kappa shape index (κ1) is 22.2. The van der Waals surface area contributed by atoms with Crippen molar-refractivity contribution in [3.8, 4) is 11.3 Å². The summed E-state index contributed by atoms with van der Waals surface area (Å²) in [6.45, 7) is 3.39. The van der Waals surface area contributed by atoms with Gasteiger partial charge in [-0.2, -0.15) is 0 Å². The van der Waals surface area contributed by atoms with Gasteiger partial charge in [-0.15, -0.1) is 10.2 Å². The van der Waals surface area contributed by atoms with Crippen molar-refractivity contribution in [2.45, 2.75) is 19.4 Å². The van der Waals surface area contributed by atoms with Crippen molar-refractivity contribution in [3.05, 3.63) is 95.8 Å². The number of benzene rings is 3. The van der Waals surface area contributed by atoms with Gasteiger partial charge in [0.25, 0.3) is 5.91 Å². The van der Waals surface area contributed by atoms with Crippen LogP contribution in [0.4, 0.5) is 4.39 Å². The number of piperidine rings is 1. The molecular formula is C28H27FN4O. The summed E-state index contributed by atoms with van der Waals surface area (Å²) >= 11 is 0. The maximum Gasteiger partial charge on any atom is 0.254 e. The molecule has 0 bridgehead atoms. The number of fused-ring (bicyclic) bond motifs is 1. The molecule has 1 amide bonds. The average molecular weight is 455 g/mol. The van der Waals surface area contributed by atoms with E-state index in [1.165, 1.54) is 12.1 Å². The summed E-state index contributed by atoms with van der Waals surface area (Å²) in [5, 5.41) is 12.7. The monoisotopic (exact) mass is 454 g/mol. The lowest BCUT2D eigenvalue weighted by Crippen LogP contribution is -2.38. The molecule has 172 valence electrons. The number of nitrogens with zero attached hydrogens (tertiary/aromatic N) is 3. The van der Waals surface area contributed by atoms with E-state index in [1.54, 1.807) is 0 Å². The third kappa shape index (κ3) is 4.97. The number of carbonyl (C=O) groups excluding carboxylic acids is 1. The van der Waals surface area contributed by atoms with Gasteiger partial charge in [0.05, 0.1) is 11.1 Å². The van der Waals surface area contributed by atoms with E-state index in [1.807, 2.05) is 66.7 Å². The zero-order chi connectivity index (χ0) is 23.3. The van der Waals surface area contributed by atoms with Crippen molar-refractivity contribution in [3.63, 3.8) is 0 Å². The molecule has 1 aliphatic heterocycles. The second-order valence-electron chi connectivity index (χ2n) is 8.86. The summed E-state index contributed by atoms with van der Waals surface area (Å²) in [4.78, 5) is 15.8. The molecule has 0 aliphatic carbocycles. The number of likely N-dealkylation sites (tertiary alicyclic amines) is 1. The fraction of sp³-hybridized carbons (Fsp3) is 0.250. The average Bonchev–Trinajstić information content (AvgIpc) is 2.89. The van der Waals surface area contributed by atoms with Crippen LogP contribution in [-0.2, 0) is 6.54 Å². The number of hydrogen-bond acceptors (Lipinski definition) is 4. The van der Waals surface area contributed by atoms with Crippen molar-refractivity contribution in [1.29, 1.82) is 0 Å². The van der Waals surface area contributed by atoms with Gasteiger partial charge in [0.2, 0.25) is 0 Å². The molecule has 0 unspecified atom stereocenters. The maximum atomic E-state index is 13.4. The molecule has 1 aromatic heterocycles. The van der Waals surface area contributed by atoms with Gasteiger partial charge in [-0.3, -0.25) is 9.69 Å². The highest BCUT2D eigenvalue weighted by Crippen LogP contribution is 2.27. The summed E-state index contributed by atoms with van der Waals surface area (Å²) in [5.74, 6) is 0.110. The van der Waals surface area contributed by atoms with Crippen LogP contribution in [0.1, 0.15) is 28.8 Å². The van der Waals surface area contributed by atoms with Crippen molar-refractivity contribution in [1.82, 2.24) is 20.4 Å². The molecule has 34 heavy (non-hydrogen) atoms. The van der Waals surface area contributed by atoms with Crippen LogP contribution >= 0.6 is 0 Å². The molecular weight excluding hydrogens is 427 g/mol. The molecule has 0 atom stereocenters. The zero-order valence-electron chi connectivity index (χ0n) is 19.0. The highest BCUT2D eigenvalue weighted by molar-refractivity contribution is 6.10. The van der Waals surface area contributed by atoms with Crippen LogP contribution in [0, 0.1) is 11.7 Å². The fourth-order valence-corrected chi connectivity index (χ4v) is 4.60. The van der Waals surface area contributed by atoms with Crippen LogP contribution in [0.25, 0.3) is 22.2 Å². The van der Waals surface area contributed by atoms with Gasteiger partial charge in [-0.05, 0) is 55.6 Å². The van der Waals surface area contributed by atoms with Crippen molar-refractivity contribution in [2.24, 2.45) is 5.92 Å². The van der Waals surface area contributed by atoms with E-state index in [4.69, 9.17) is 0 Å². The summed E-state index contributed by atoms with van der Waals surface area (Å²) in [5.41, 5.74) is 3.89. The van der Waals surface area contributed by atoms with Gasteiger partial charge < -0.3 is 5.32 Å². The molecule has 0 spiro atoms. The molecule has 1 saturated heterocycles. The Kier molecular flexibility index (Phi) is 6.58. The number of aromatic nitrogens is 2. The molecule has 5 nitrogen and oxygen atoms in total. The second kappa shape index (κ2) is 10.1. The molecule has 3 aromatic carbocycles. The predicted molar refractivity (Wildman–Crippen MR) is 132 cm³/mol. The number of hydrogen-bond donors (Lipinski definition) is 1. The molecule has 1 aliphatic rings. The Morgan fingerprint density at radius 2 is 1.62 bits per heavy atom. The van der Waals surface area contributed by atoms with E-state index in [-0.39, 0.29) is 11.7 Å². The lowest BCUT2D eigenvalue weighted by molar-refractivity contribution is 0.0937. The summed E-state index contributed by atoms with van der Waals surface area (Å²) in [6, 6.07) is 24.1. The minimum absolute atomic E-state index is 0.112. The van der Waals surface area contributed by atoms with Crippen LogP contribution in [0.3, 0.4) is 0 Å². The van der Waals surface area contributed by atoms with Crippen molar-refractivity contribution < 1.29 is 9.18 Å². The minimum atomic E-state index is -0.203. The highest BCUT2D eigenvalue weighted by atomic mass is 19.1. The molecule has 0 saturated carbocycles. The van der Waals surface area contributed by atoms with E-state index in [0.717, 1.165) is 49.0 Å². The van der Waals surface area contributed by atoms with Crippen molar-refractivity contribution in [2.75, 3.05) is 19.6 Å². The number of amides is 1. The Labute approximate surface area is 198 Å². The van der Waals surface area contributed by atoms with Gasteiger partial charge in [0.1, 0.15) is 11.5 Å². The minimum Gasteiger partial charge on any atom is -0.352 e. The van der Waals surface area contributed by atoms with E-state index < -0.39 is 0 Å². The molecule has 6 heteroatoms. The van der Waals surface area contributed by atoms with Gasteiger partial charge in [0, 0.05) is 24.0 Å². The number of rotatable bonds is 6. The van der Waals surface area contributed by atoms with Crippen LogP contribution in [-0.4, -0.2) is 40.6 Å². The molecule has 1 N–H and O–H groups in total. The Hall–Kier alpha value is -3.64. The summed E-state index contributed by atoms with van der Waals surface area (Å²) < 4.78 is 13.1. The number of carbonyl (C=O) groups is 1. The number of halogens is 1. The van der Waals surface area contributed by atoms with Gasteiger partial charge in [-0.1, -0.05) is 60.7 Å². The van der Waals surface area contributed by atoms with E-state index in [9.17, 15) is 9.18 Å². The SMILES string of the molecule is O=C(NCC1CCN(Cc2ccc(F)cc2)CC1)c1c(-c2ccccc2)nnc2ccccc12. The maximum absolute atomic E-state index is 13.4. The topological polar surface area (TPSA) is 58.1 Å². The zero-order valence-corrected chi connectivity index (χ0v) is 19.0. The first-order valence-corrected chi connectivity index (χ1v) is 11.7. The Balaban J connectivity index is 1.25. The Morgan fingerprint density at radius 1 is 0.912 bits per heavy atom. The fourth-order valence-electron chi connectivity index (χ4n) is 4.60. The first-order valence-electron chi connectivity index (χ1n) is 11.7. The lowest BCUT2D eigenvalue weighted by atomic mass is 9.95. The van der Waals surface area contributed by atoms with Crippen LogP contribution in [0.5, 0.6) is 0 Å². The Morgan fingerprint density at radius 3 is 2.38 bits per heavy atom. The highest BCUT2D eigenvalue weighted by Gasteiger charge is 2.23. The van der Waals surface area contributed by atoms with Gasteiger partial charge in [-0.25, -0.2) is 4.39 Å². The normalized spacial score (nSPS) is 14.9. The molecule has 2 heterocycles. The second-order valence-corrected chi connectivity index (χ2v) is 8.86. The summed E-state index contributed by atoms with van der Waals surface area (Å²) in [6.07, 6.45) is 2.03. The summed E-state index contributed by atoms with van der Waals surface area (Å²) in [7, 11) is 0. The third-order valence-corrected chi connectivity index (χ3v) is 6.52. The van der Waals surface area contributed by atoms with Crippen LogP contribution in [0.2, 0.25) is 0 Å². The Bertz CT molecular complexity index is 1270. The van der Waals surface area contributed by atoms with E-state index in [0.29, 0.717) is 29.2 Å². The smallest absolute Gasteiger partial charge is 0.254 e. The molecule has 1 fully saturated rings. The standard InChI is InChI=1S/C28H27FN4O/c29-23-12-10-21(11-13-23)19-33-16-14-20(15-17-33)18-30-28(34)26-24-8-4-5-9-25(24)31-32-27(26)22-6-2-1-3-7-22/h1-13,20H,14-19H2,(H,30,34). The van der Waals surface area contributed by atoms with Crippen LogP contribution < -0.4 is 5.32 Å². The van der Waals surface area contributed by atoms with Gasteiger partial charge >= 0.3 is 0 Å². The third-order valence-electron chi connectivity index (χ3n) is 6.52. The van der Waals surface area contributed by atoms with E-state index in [2.05, 4.69) is 20.4 Å². The largest absolute Gasteiger partial charge is 0.352 e.